The molecule has 8 rings (SSSR count). The smallest absolute Gasteiger partial charge is 0.0622 e. The van der Waals surface area contributed by atoms with E-state index in [4.69, 9.17) is 5.48 Å². The lowest BCUT2D eigenvalue weighted by atomic mass is 9.83. The standard InChI is InChI=1S/C42H28/c1-4-14-29(15-5-1)32-24-25-34-39(27-26-33(40(34)28-32)30-16-6-2-7-17-30)42-37-22-12-10-20-35(37)41(31-18-8-3-9-19-31)36-21-11-13-23-38(36)42/h1-28H/i10D,11D,12D,13D,20D,21D,22D,23D. The van der Waals surface area contributed by atoms with Gasteiger partial charge in [-0.05, 0) is 82.9 Å². The van der Waals surface area contributed by atoms with Crippen molar-refractivity contribution >= 4 is 32.3 Å². The van der Waals surface area contributed by atoms with Crippen molar-refractivity contribution in [2.45, 2.75) is 0 Å². The third kappa shape index (κ3) is 4.00. The molecule has 0 saturated carbocycles. The Balaban J connectivity index is 1.64. The quantitative estimate of drug-likeness (QED) is 0.195. The van der Waals surface area contributed by atoms with Gasteiger partial charge >= 0.3 is 0 Å². The Kier molecular flexibility index (Phi) is 4.21. The molecule has 0 aromatic heterocycles. The number of rotatable bonds is 4. The maximum Gasteiger partial charge on any atom is 0.0629 e. The fraction of sp³-hybridized carbons (Fsp3) is 0. The van der Waals surface area contributed by atoms with E-state index < -0.39 is 24.2 Å². The van der Waals surface area contributed by atoms with Crippen LogP contribution in [0.25, 0.3) is 76.8 Å². The van der Waals surface area contributed by atoms with Crippen LogP contribution in [-0.2, 0) is 0 Å². The molecule has 0 aliphatic rings. The lowest BCUT2D eigenvalue weighted by Crippen LogP contribution is -1.92. The molecule has 0 N–H and O–H groups in total. The second-order valence-corrected chi connectivity index (χ2v) is 10.3. The zero-order valence-corrected chi connectivity index (χ0v) is 22.5. The van der Waals surface area contributed by atoms with Gasteiger partial charge in [-0.25, -0.2) is 0 Å². The van der Waals surface area contributed by atoms with Gasteiger partial charge in [0, 0.05) is 0 Å². The molecule has 0 radical (unpaired) electrons. The largest absolute Gasteiger partial charge is 0.0629 e. The molecular formula is C42H28. The molecule has 0 amide bonds. The first kappa shape index (κ1) is 17.4. The average Bonchev–Trinajstić information content (AvgIpc) is 3.16. The minimum Gasteiger partial charge on any atom is -0.0622 e. The van der Waals surface area contributed by atoms with Crippen molar-refractivity contribution in [2.24, 2.45) is 0 Å². The molecule has 0 aliphatic carbocycles. The summed E-state index contributed by atoms with van der Waals surface area (Å²) in [6, 6.07) is 36.3. The fourth-order valence-corrected chi connectivity index (χ4v) is 6.03. The molecule has 0 spiro atoms. The number of hydrogen-bond donors (Lipinski definition) is 0. The molecule has 0 saturated heterocycles. The predicted molar refractivity (Wildman–Crippen MR) is 181 cm³/mol. The molecule has 0 fully saturated rings. The van der Waals surface area contributed by atoms with E-state index in [2.05, 4.69) is 6.07 Å². The van der Waals surface area contributed by atoms with Crippen LogP contribution in [0.2, 0.25) is 0 Å². The highest BCUT2D eigenvalue weighted by atomic mass is 14.2. The summed E-state index contributed by atoms with van der Waals surface area (Å²) >= 11 is 0. The van der Waals surface area contributed by atoms with Crippen molar-refractivity contribution in [3.8, 4) is 44.5 Å². The van der Waals surface area contributed by atoms with Crippen LogP contribution in [0.15, 0.2) is 170 Å². The van der Waals surface area contributed by atoms with Crippen molar-refractivity contribution in [3.63, 3.8) is 0 Å². The Labute approximate surface area is 257 Å². The monoisotopic (exact) mass is 540 g/mol. The van der Waals surface area contributed by atoms with Gasteiger partial charge in [0.2, 0.25) is 0 Å². The van der Waals surface area contributed by atoms with Crippen LogP contribution in [-0.4, -0.2) is 0 Å². The molecule has 0 heterocycles. The van der Waals surface area contributed by atoms with Gasteiger partial charge in [-0.1, -0.05) is 164 Å². The third-order valence-electron chi connectivity index (χ3n) is 7.92. The second kappa shape index (κ2) is 10.2. The molecule has 0 aliphatic heterocycles. The van der Waals surface area contributed by atoms with E-state index in [-0.39, 0.29) is 45.7 Å². The predicted octanol–water partition coefficient (Wildman–Crippen LogP) is 11.8. The topological polar surface area (TPSA) is 0 Å². The summed E-state index contributed by atoms with van der Waals surface area (Å²) in [4.78, 5) is 0. The van der Waals surface area contributed by atoms with Crippen molar-refractivity contribution in [2.75, 3.05) is 0 Å². The summed E-state index contributed by atoms with van der Waals surface area (Å²) in [6.07, 6.45) is 0. The van der Waals surface area contributed by atoms with E-state index in [1.807, 2.05) is 91.0 Å². The molecule has 0 heteroatoms. The number of benzene rings is 8. The van der Waals surface area contributed by atoms with Crippen molar-refractivity contribution in [3.05, 3.63) is 170 Å². The zero-order chi connectivity index (χ0) is 34.8. The Morgan fingerprint density at radius 2 is 0.786 bits per heavy atom. The van der Waals surface area contributed by atoms with E-state index in [0.717, 1.165) is 33.0 Å². The normalized spacial score (nSPS) is 14.0. The summed E-state index contributed by atoms with van der Waals surface area (Å²) in [5.41, 5.74) is 5.84. The van der Waals surface area contributed by atoms with E-state index in [1.54, 1.807) is 24.3 Å². The number of fused-ring (bicyclic) bond motifs is 3. The zero-order valence-electron chi connectivity index (χ0n) is 30.5. The van der Waals surface area contributed by atoms with Gasteiger partial charge < -0.3 is 0 Å². The summed E-state index contributed by atoms with van der Waals surface area (Å²) in [6.45, 7) is 0. The van der Waals surface area contributed by atoms with E-state index in [1.165, 1.54) is 0 Å². The molecule has 8 aromatic carbocycles. The second-order valence-electron chi connectivity index (χ2n) is 10.3. The first-order valence-corrected chi connectivity index (χ1v) is 13.9. The molecule has 42 heavy (non-hydrogen) atoms. The Morgan fingerprint density at radius 3 is 1.36 bits per heavy atom. The summed E-state index contributed by atoms with van der Waals surface area (Å²) in [7, 11) is 0. The van der Waals surface area contributed by atoms with Crippen molar-refractivity contribution < 1.29 is 11.0 Å². The van der Waals surface area contributed by atoms with Crippen LogP contribution in [0.4, 0.5) is 0 Å². The SMILES string of the molecule is [2H]c1c([2H])c([2H])c2c(-c3ccc(-c4ccccc4)c4cc(-c5ccccc5)ccc34)c3c([2H])c([2H])c([2H])c([2H])c3c(-c3ccccc3)c2c1[2H]. The minimum absolute atomic E-state index is 0.202. The maximum absolute atomic E-state index is 9.32. The Morgan fingerprint density at radius 1 is 0.310 bits per heavy atom. The summed E-state index contributed by atoms with van der Waals surface area (Å²) in [5.74, 6) is 0. The van der Waals surface area contributed by atoms with Gasteiger partial charge in [-0.3, -0.25) is 0 Å². The van der Waals surface area contributed by atoms with E-state index in [9.17, 15) is 5.48 Å². The minimum atomic E-state index is -0.417. The first-order chi connectivity index (χ1) is 24.2. The van der Waals surface area contributed by atoms with Crippen LogP contribution >= 0.6 is 0 Å². The van der Waals surface area contributed by atoms with Gasteiger partial charge in [0.25, 0.3) is 0 Å². The molecule has 0 atom stereocenters. The Hall–Kier alpha value is -5.46. The van der Waals surface area contributed by atoms with Gasteiger partial charge in [0.15, 0.2) is 0 Å². The van der Waals surface area contributed by atoms with E-state index in [0.29, 0.717) is 22.3 Å². The van der Waals surface area contributed by atoms with Crippen LogP contribution in [0, 0.1) is 0 Å². The number of hydrogen-bond acceptors (Lipinski definition) is 0. The first-order valence-electron chi connectivity index (χ1n) is 17.9. The van der Waals surface area contributed by atoms with Crippen LogP contribution in [0.5, 0.6) is 0 Å². The molecule has 8 aromatic rings. The highest BCUT2D eigenvalue weighted by molar-refractivity contribution is 6.24. The molecule has 0 nitrogen and oxygen atoms in total. The van der Waals surface area contributed by atoms with Gasteiger partial charge in [0.05, 0.1) is 11.0 Å². The van der Waals surface area contributed by atoms with Crippen molar-refractivity contribution in [1.82, 2.24) is 0 Å². The molecule has 0 bridgehead atoms. The van der Waals surface area contributed by atoms with Gasteiger partial charge in [0.1, 0.15) is 0 Å². The van der Waals surface area contributed by atoms with Crippen LogP contribution in [0.3, 0.4) is 0 Å². The van der Waals surface area contributed by atoms with Crippen LogP contribution < -0.4 is 0 Å². The lowest BCUT2D eigenvalue weighted by molar-refractivity contribution is 1.62. The molecule has 196 valence electrons. The average molecular weight is 541 g/mol. The third-order valence-corrected chi connectivity index (χ3v) is 7.92. The summed E-state index contributed by atoms with van der Waals surface area (Å²) < 4.78 is 72.0. The van der Waals surface area contributed by atoms with Crippen LogP contribution in [0.1, 0.15) is 11.0 Å². The molecule has 0 unspecified atom stereocenters. The van der Waals surface area contributed by atoms with Gasteiger partial charge in [-0.15, -0.1) is 0 Å². The van der Waals surface area contributed by atoms with E-state index >= 15 is 0 Å². The van der Waals surface area contributed by atoms with Crippen molar-refractivity contribution in [1.29, 1.82) is 0 Å². The Bertz CT molecular complexity index is 2570. The fourth-order valence-electron chi connectivity index (χ4n) is 6.03. The molecular weight excluding hydrogens is 504 g/mol. The van der Waals surface area contributed by atoms with Gasteiger partial charge in [-0.2, -0.15) is 0 Å². The highest BCUT2D eigenvalue weighted by Gasteiger charge is 2.19. The maximum atomic E-state index is 9.32. The summed E-state index contributed by atoms with van der Waals surface area (Å²) in [5, 5.41) is 2.49. The lowest BCUT2D eigenvalue weighted by Gasteiger charge is -2.20. The highest BCUT2D eigenvalue weighted by Crippen LogP contribution is 2.46.